The minimum absolute atomic E-state index is 0.0475. The Labute approximate surface area is 121 Å². The number of hydrogen-bond donors (Lipinski definition) is 3. The summed E-state index contributed by atoms with van der Waals surface area (Å²) in [6.45, 7) is 10.5. The minimum Gasteiger partial charge on any atom is -0.487 e. The first kappa shape index (κ1) is 19.7. The number of aliphatic hydroxyl groups is 2. The van der Waals surface area contributed by atoms with Gasteiger partial charge in [0.1, 0.15) is 0 Å². The van der Waals surface area contributed by atoms with Gasteiger partial charge in [0.15, 0.2) is 0 Å². The Morgan fingerprint density at radius 2 is 1.28 bits per heavy atom. The molecular weight excluding hydrogens is 268 g/mol. The Morgan fingerprint density at radius 3 is 1.44 bits per heavy atom. The molecule has 6 heteroatoms. The van der Waals surface area contributed by atoms with Crippen molar-refractivity contribution in [3.05, 3.63) is 0 Å². The summed E-state index contributed by atoms with van der Waals surface area (Å²) in [5, 5.41) is 16.4. The van der Waals surface area contributed by atoms with Crippen molar-refractivity contribution in [2.24, 2.45) is 17.6 Å². The van der Waals surface area contributed by atoms with E-state index in [2.05, 4.69) is 45.6 Å². The molecule has 4 nitrogen and oxygen atoms in total. The van der Waals surface area contributed by atoms with Gasteiger partial charge in [0, 0.05) is 13.1 Å². The third-order valence-corrected chi connectivity index (χ3v) is 2.48. The lowest BCUT2D eigenvalue weighted by molar-refractivity contribution is 0.307. The van der Waals surface area contributed by atoms with Gasteiger partial charge in [0.2, 0.25) is 0 Å². The maximum atomic E-state index is 9.30. The van der Waals surface area contributed by atoms with Gasteiger partial charge in [-0.15, -0.1) is 0 Å². The normalized spacial score (nSPS) is 9.89. The number of nitrogens with two attached hydrogens (primary N) is 1. The maximum Gasteiger partial charge on any atom is 0.256 e. The number of thiocarbonyl (C=S) groups is 2. The van der Waals surface area contributed by atoms with E-state index in [-0.39, 0.29) is 5.17 Å². The summed E-state index contributed by atoms with van der Waals surface area (Å²) in [7, 11) is 0. The molecule has 0 aromatic rings. The first-order valence-corrected chi connectivity index (χ1v) is 6.94. The summed E-state index contributed by atoms with van der Waals surface area (Å²) < 4.78 is 0. The van der Waals surface area contributed by atoms with Crippen LogP contribution in [-0.2, 0) is 0 Å². The van der Waals surface area contributed by atoms with Crippen molar-refractivity contribution in [1.82, 2.24) is 4.90 Å². The lowest BCUT2D eigenvalue weighted by atomic mass is 10.1. The molecule has 0 aliphatic heterocycles. The highest BCUT2D eigenvalue weighted by atomic mass is 32.1. The van der Waals surface area contributed by atoms with Crippen LogP contribution in [0.5, 0.6) is 0 Å². The molecule has 0 aromatic heterocycles. The highest BCUT2D eigenvalue weighted by Gasteiger charge is 2.09. The molecule has 0 radical (unpaired) electrons. The van der Waals surface area contributed by atoms with Gasteiger partial charge in [0.25, 0.3) is 10.3 Å². The molecule has 0 aromatic carbocycles. The van der Waals surface area contributed by atoms with E-state index >= 15 is 0 Å². The number of nitrogens with zero attached hydrogens (tertiary/aromatic N) is 1. The second-order valence-corrected chi connectivity index (χ2v) is 5.76. The van der Waals surface area contributed by atoms with Crippen LogP contribution in [0, 0.1) is 11.8 Å². The molecule has 0 aliphatic rings. The van der Waals surface area contributed by atoms with Gasteiger partial charge < -0.3 is 20.8 Å². The monoisotopic (exact) mass is 294 g/mol. The van der Waals surface area contributed by atoms with Crippen LogP contribution in [0.15, 0.2) is 0 Å². The van der Waals surface area contributed by atoms with Crippen LogP contribution >= 0.6 is 24.4 Å². The van der Waals surface area contributed by atoms with Crippen molar-refractivity contribution < 1.29 is 10.2 Å². The van der Waals surface area contributed by atoms with E-state index in [9.17, 15) is 5.11 Å². The van der Waals surface area contributed by atoms with E-state index < -0.39 is 5.17 Å². The van der Waals surface area contributed by atoms with E-state index in [0.717, 1.165) is 25.9 Å². The zero-order chi connectivity index (χ0) is 14.7. The van der Waals surface area contributed by atoms with Crippen LogP contribution in [0.25, 0.3) is 0 Å². The lowest BCUT2D eigenvalue weighted by Gasteiger charge is -2.23. The fraction of sp³-hybridized carbons (Fsp3) is 0.833. The molecule has 0 unspecified atom stereocenters. The molecule has 0 atom stereocenters. The zero-order valence-corrected chi connectivity index (χ0v) is 13.4. The lowest BCUT2D eigenvalue weighted by Crippen LogP contribution is -2.32. The average molecular weight is 294 g/mol. The van der Waals surface area contributed by atoms with Crippen LogP contribution in [0.3, 0.4) is 0 Å². The number of hydrogen-bond acceptors (Lipinski definition) is 2. The van der Waals surface area contributed by atoms with Crippen molar-refractivity contribution in [1.29, 1.82) is 0 Å². The topological polar surface area (TPSA) is 69.7 Å². The van der Waals surface area contributed by atoms with Gasteiger partial charge in [-0.3, -0.25) is 0 Å². The van der Waals surface area contributed by atoms with Gasteiger partial charge in [0.05, 0.1) is 0 Å². The quantitative estimate of drug-likeness (QED) is 0.654. The summed E-state index contributed by atoms with van der Waals surface area (Å²) in [5.41, 5.74) is 4.40. The highest BCUT2D eigenvalue weighted by molar-refractivity contribution is 7.80. The average Bonchev–Trinajstić information content (AvgIpc) is 2.14. The number of rotatable bonds is 6. The van der Waals surface area contributed by atoms with Crippen LogP contribution < -0.4 is 5.73 Å². The maximum absolute atomic E-state index is 9.30. The molecule has 0 saturated carbocycles. The Bertz CT molecular complexity index is 230. The van der Waals surface area contributed by atoms with Crippen LogP contribution in [-0.4, -0.2) is 38.6 Å². The third kappa shape index (κ3) is 17.8. The minimum atomic E-state index is -0.500. The van der Waals surface area contributed by atoms with Gasteiger partial charge in [-0.1, -0.05) is 27.7 Å². The van der Waals surface area contributed by atoms with Crippen molar-refractivity contribution >= 4 is 34.8 Å². The SMILES string of the molecule is CC(C)CCN(CCC(C)C)C(O)=S.NC(O)=S. The van der Waals surface area contributed by atoms with Gasteiger partial charge in [-0.2, -0.15) is 0 Å². The first-order valence-electron chi connectivity index (χ1n) is 6.13. The molecule has 108 valence electrons. The summed E-state index contributed by atoms with van der Waals surface area (Å²) in [6, 6.07) is 0. The van der Waals surface area contributed by atoms with Crippen LogP contribution in [0.1, 0.15) is 40.5 Å². The van der Waals surface area contributed by atoms with E-state index in [1.54, 1.807) is 0 Å². The predicted octanol–water partition coefficient (Wildman–Crippen LogP) is 3.01. The smallest absolute Gasteiger partial charge is 0.256 e. The van der Waals surface area contributed by atoms with Gasteiger partial charge >= 0.3 is 0 Å². The molecule has 4 N–H and O–H groups in total. The van der Waals surface area contributed by atoms with Crippen LogP contribution in [0.2, 0.25) is 0 Å². The predicted molar refractivity (Wildman–Crippen MR) is 85.1 cm³/mol. The third-order valence-electron chi connectivity index (χ3n) is 2.22. The summed E-state index contributed by atoms with van der Waals surface area (Å²) in [4.78, 5) is 1.90. The zero-order valence-electron chi connectivity index (χ0n) is 11.7. The number of aliphatic hydroxyl groups excluding tert-OH is 2. The fourth-order valence-electron chi connectivity index (χ4n) is 1.13. The Hall–Kier alpha value is -0.620. The van der Waals surface area contributed by atoms with Gasteiger partial charge in [-0.25, -0.2) is 0 Å². The Kier molecular flexibility index (Phi) is 12.6. The fourth-order valence-corrected chi connectivity index (χ4v) is 1.31. The molecule has 0 heterocycles. The molecule has 0 bridgehead atoms. The van der Waals surface area contributed by atoms with E-state index in [4.69, 9.17) is 17.3 Å². The van der Waals surface area contributed by atoms with Crippen molar-refractivity contribution in [2.75, 3.05) is 13.1 Å². The highest BCUT2D eigenvalue weighted by Crippen LogP contribution is 2.06. The molecule has 0 amide bonds. The largest absolute Gasteiger partial charge is 0.487 e. The van der Waals surface area contributed by atoms with E-state index in [0.29, 0.717) is 11.8 Å². The first-order chi connectivity index (χ1) is 8.16. The molecule has 0 aliphatic carbocycles. The molecular formula is C12H26N2O2S2. The summed E-state index contributed by atoms with van der Waals surface area (Å²) >= 11 is 8.67. The standard InChI is InChI=1S/C11H23NOS.CH3NOS/c1-9(2)5-7-12(11(13)14)8-6-10(3)4;2-1(3)4/h9-10H,5-8H2,1-4H3,(H,13,14);(H3,2,3,4). The summed E-state index contributed by atoms with van der Waals surface area (Å²) in [6.07, 6.45) is 2.16. The Morgan fingerprint density at radius 1 is 1.00 bits per heavy atom. The van der Waals surface area contributed by atoms with Crippen molar-refractivity contribution in [3.8, 4) is 0 Å². The molecule has 0 spiro atoms. The molecule has 18 heavy (non-hydrogen) atoms. The second-order valence-electron chi connectivity index (χ2n) is 4.97. The van der Waals surface area contributed by atoms with Crippen LogP contribution in [0.4, 0.5) is 0 Å². The van der Waals surface area contributed by atoms with Crippen molar-refractivity contribution in [2.45, 2.75) is 40.5 Å². The molecule has 0 saturated heterocycles. The second kappa shape index (κ2) is 11.5. The Balaban J connectivity index is 0. The van der Waals surface area contributed by atoms with Crippen molar-refractivity contribution in [3.63, 3.8) is 0 Å². The van der Waals surface area contributed by atoms with E-state index in [1.807, 2.05) is 4.90 Å². The summed E-state index contributed by atoms with van der Waals surface area (Å²) in [5.74, 6) is 1.32. The van der Waals surface area contributed by atoms with E-state index in [1.165, 1.54) is 0 Å². The van der Waals surface area contributed by atoms with Gasteiger partial charge in [-0.05, 0) is 49.1 Å². The molecule has 0 fully saturated rings. The molecule has 0 rings (SSSR count).